The molecular formula is C19H28N2O4S. The fourth-order valence-electron chi connectivity index (χ4n) is 3.86. The maximum atomic E-state index is 12.4. The average molecular weight is 381 g/mol. The first-order valence-electron chi connectivity index (χ1n) is 9.30. The summed E-state index contributed by atoms with van der Waals surface area (Å²) in [5, 5.41) is 5.51. The first-order chi connectivity index (χ1) is 12.4. The van der Waals surface area contributed by atoms with Gasteiger partial charge in [0.1, 0.15) is 0 Å². The molecule has 7 heteroatoms. The lowest BCUT2D eigenvalue weighted by molar-refractivity contribution is 0.0506. The molecule has 2 heterocycles. The van der Waals surface area contributed by atoms with Crippen molar-refractivity contribution in [1.29, 1.82) is 0 Å². The molecule has 2 N–H and O–H groups in total. The van der Waals surface area contributed by atoms with Crippen LogP contribution in [-0.4, -0.2) is 51.3 Å². The number of nitrogens with one attached hydrogen (secondary N) is 2. The van der Waals surface area contributed by atoms with Gasteiger partial charge in [0.05, 0.1) is 11.0 Å². The first kappa shape index (κ1) is 19.2. The lowest BCUT2D eigenvalue weighted by Crippen LogP contribution is -2.52. The zero-order valence-corrected chi connectivity index (χ0v) is 16.1. The van der Waals surface area contributed by atoms with Gasteiger partial charge in [0.15, 0.2) is 9.84 Å². The normalized spacial score (nSPS) is 27.4. The van der Waals surface area contributed by atoms with Gasteiger partial charge in [-0.05, 0) is 38.2 Å². The van der Waals surface area contributed by atoms with E-state index in [0.717, 1.165) is 12.8 Å². The number of hydrogen-bond donors (Lipinski definition) is 2. The zero-order valence-electron chi connectivity index (χ0n) is 15.2. The van der Waals surface area contributed by atoms with Gasteiger partial charge in [-0.2, -0.15) is 0 Å². The van der Waals surface area contributed by atoms with E-state index < -0.39 is 9.84 Å². The summed E-state index contributed by atoms with van der Waals surface area (Å²) in [4.78, 5) is 12.4. The Morgan fingerprint density at radius 1 is 1.19 bits per heavy atom. The third-order valence-corrected chi connectivity index (χ3v) is 8.06. The highest BCUT2D eigenvalue weighted by molar-refractivity contribution is 7.92. The van der Waals surface area contributed by atoms with Gasteiger partial charge >= 0.3 is 6.03 Å². The van der Waals surface area contributed by atoms with Crippen LogP contribution in [0, 0.1) is 0 Å². The number of sulfone groups is 1. The minimum absolute atomic E-state index is 0.0270. The first-order valence-corrected chi connectivity index (χ1v) is 11.0. The van der Waals surface area contributed by atoms with Crippen molar-refractivity contribution in [1.82, 2.24) is 10.6 Å². The van der Waals surface area contributed by atoms with Crippen LogP contribution in [0.3, 0.4) is 0 Å². The molecule has 144 valence electrons. The SMILES string of the molecule is CC1CCC(NC(=O)NCC2(c3ccccc3)CCOCC2)CS1(=O)=O. The van der Waals surface area contributed by atoms with Crippen LogP contribution >= 0.6 is 0 Å². The summed E-state index contributed by atoms with van der Waals surface area (Å²) in [6.45, 7) is 3.61. The van der Waals surface area contributed by atoms with Crippen molar-refractivity contribution in [2.45, 2.75) is 49.3 Å². The molecule has 6 nitrogen and oxygen atoms in total. The number of amides is 2. The van der Waals surface area contributed by atoms with Gasteiger partial charge in [-0.1, -0.05) is 30.3 Å². The highest BCUT2D eigenvalue weighted by atomic mass is 32.2. The molecular weight excluding hydrogens is 352 g/mol. The lowest BCUT2D eigenvalue weighted by atomic mass is 9.74. The smallest absolute Gasteiger partial charge is 0.315 e. The molecule has 2 atom stereocenters. The number of ether oxygens (including phenoxy) is 1. The van der Waals surface area contributed by atoms with Crippen molar-refractivity contribution in [3.8, 4) is 0 Å². The predicted octanol–water partition coefficient (Wildman–Crippen LogP) is 2.00. The topological polar surface area (TPSA) is 84.5 Å². The van der Waals surface area contributed by atoms with Crippen LogP contribution in [0.15, 0.2) is 30.3 Å². The maximum absolute atomic E-state index is 12.4. The van der Waals surface area contributed by atoms with Gasteiger partial charge in [-0.3, -0.25) is 0 Å². The minimum atomic E-state index is -3.11. The Morgan fingerprint density at radius 3 is 2.54 bits per heavy atom. The summed E-state index contributed by atoms with van der Waals surface area (Å²) in [5.74, 6) is 0.0270. The number of rotatable bonds is 4. The lowest BCUT2D eigenvalue weighted by Gasteiger charge is -2.38. The van der Waals surface area contributed by atoms with Gasteiger partial charge in [-0.25, -0.2) is 13.2 Å². The summed E-state index contributed by atoms with van der Waals surface area (Å²) in [6.07, 6.45) is 3.00. The van der Waals surface area contributed by atoms with Crippen LogP contribution in [0.1, 0.15) is 38.2 Å². The van der Waals surface area contributed by atoms with Gasteiger partial charge in [0.2, 0.25) is 0 Å². The van der Waals surface area contributed by atoms with Crippen LogP contribution in [0.4, 0.5) is 4.79 Å². The van der Waals surface area contributed by atoms with Crippen molar-refractivity contribution in [3.05, 3.63) is 35.9 Å². The van der Waals surface area contributed by atoms with Crippen molar-refractivity contribution < 1.29 is 17.9 Å². The molecule has 3 rings (SSSR count). The van der Waals surface area contributed by atoms with E-state index >= 15 is 0 Å². The summed E-state index contributed by atoms with van der Waals surface area (Å²) in [5.41, 5.74) is 1.07. The second-order valence-corrected chi connectivity index (χ2v) is 9.96. The van der Waals surface area contributed by atoms with E-state index in [0.29, 0.717) is 32.6 Å². The Bertz CT molecular complexity index is 714. The Balaban J connectivity index is 1.60. The molecule has 2 fully saturated rings. The van der Waals surface area contributed by atoms with E-state index in [1.807, 2.05) is 18.2 Å². The van der Waals surface area contributed by atoms with Crippen LogP contribution in [0.5, 0.6) is 0 Å². The fraction of sp³-hybridized carbons (Fsp3) is 0.632. The molecule has 2 saturated heterocycles. The van der Waals surface area contributed by atoms with E-state index in [1.165, 1.54) is 5.56 Å². The number of hydrogen-bond acceptors (Lipinski definition) is 4. The molecule has 2 aliphatic heterocycles. The van der Waals surface area contributed by atoms with Crippen LogP contribution in [0.2, 0.25) is 0 Å². The largest absolute Gasteiger partial charge is 0.381 e. The molecule has 0 radical (unpaired) electrons. The Hall–Kier alpha value is -1.60. The van der Waals surface area contributed by atoms with Crippen molar-refractivity contribution >= 4 is 15.9 Å². The molecule has 26 heavy (non-hydrogen) atoms. The molecule has 0 spiro atoms. The Morgan fingerprint density at radius 2 is 1.88 bits per heavy atom. The molecule has 2 aliphatic rings. The zero-order chi connectivity index (χ0) is 18.6. The molecule has 2 amide bonds. The molecule has 0 aromatic heterocycles. The second kappa shape index (κ2) is 7.96. The van der Waals surface area contributed by atoms with E-state index in [1.54, 1.807) is 6.92 Å². The highest BCUT2D eigenvalue weighted by Gasteiger charge is 2.36. The van der Waals surface area contributed by atoms with Crippen molar-refractivity contribution in [3.63, 3.8) is 0 Å². The predicted molar refractivity (Wildman–Crippen MR) is 101 cm³/mol. The van der Waals surface area contributed by atoms with Gasteiger partial charge in [0.25, 0.3) is 0 Å². The summed E-state index contributed by atoms with van der Waals surface area (Å²) in [6, 6.07) is 9.61. The third-order valence-electron chi connectivity index (χ3n) is 5.73. The Labute approximate surface area is 155 Å². The fourth-order valence-corrected chi connectivity index (χ4v) is 5.50. The van der Waals surface area contributed by atoms with E-state index in [-0.39, 0.29) is 28.5 Å². The number of benzene rings is 1. The Kier molecular flexibility index (Phi) is 5.87. The summed E-state index contributed by atoms with van der Waals surface area (Å²) < 4.78 is 29.6. The monoisotopic (exact) mass is 380 g/mol. The maximum Gasteiger partial charge on any atom is 0.315 e. The molecule has 1 aromatic carbocycles. The average Bonchev–Trinajstić information content (AvgIpc) is 2.64. The van der Waals surface area contributed by atoms with E-state index in [2.05, 4.69) is 22.8 Å². The molecule has 0 bridgehead atoms. The molecule has 2 unspecified atom stereocenters. The molecule has 0 saturated carbocycles. The van der Waals surface area contributed by atoms with Gasteiger partial charge < -0.3 is 15.4 Å². The van der Waals surface area contributed by atoms with Crippen LogP contribution in [-0.2, 0) is 20.0 Å². The number of carbonyl (C=O) groups is 1. The quantitative estimate of drug-likeness (QED) is 0.837. The number of carbonyl (C=O) groups excluding carboxylic acids is 1. The molecule has 0 aliphatic carbocycles. The standard InChI is InChI=1S/C19H28N2O4S/c1-15-7-8-17(13-26(15,23)24)21-18(22)20-14-19(9-11-25-12-10-19)16-5-3-2-4-6-16/h2-6,15,17H,7-14H2,1H3,(H2,20,21,22). The third kappa shape index (κ3) is 4.38. The summed E-state index contributed by atoms with van der Waals surface area (Å²) >= 11 is 0. The summed E-state index contributed by atoms with van der Waals surface area (Å²) in [7, 11) is -3.11. The van der Waals surface area contributed by atoms with E-state index in [9.17, 15) is 13.2 Å². The van der Waals surface area contributed by atoms with E-state index in [4.69, 9.17) is 4.74 Å². The minimum Gasteiger partial charge on any atom is -0.381 e. The highest BCUT2D eigenvalue weighted by Crippen LogP contribution is 2.34. The second-order valence-electron chi connectivity index (χ2n) is 7.50. The van der Waals surface area contributed by atoms with Crippen LogP contribution in [0.25, 0.3) is 0 Å². The van der Waals surface area contributed by atoms with Gasteiger partial charge in [0, 0.05) is 31.2 Å². The van der Waals surface area contributed by atoms with Gasteiger partial charge in [-0.15, -0.1) is 0 Å². The van der Waals surface area contributed by atoms with Crippen LogP contribution < -0.4 is 10.6 Å². The molecule has 1 aromatic rings. The number of urea groups is 1. The van der Waals surface area contributed by atoms with Crippen molar-refractivity contribution in [2.75, 3.05) is 25.5 Å². The van der Waals surface area contributed by atoms with Crippen molar-refractivity contribution in [2.24, 2.45) is 0 Å².